The Hall–Kier alpha value is -2.60. The number of nitrogens with zero attached hydrogens (tertiary/aromatic N) is 1. The van der Waals surface area contributed by atoms with Crippen molar-refractivity contribution in [2.24, 2.45) is 5.10 Å². The second kappa shape index (κ2) is 13.6. The first-order valence-electron chi connectivity index (χ1n) is 10.2. The molecule has 0 amide bonds. The third-order valence-electron chi connectivity index (χ3n) is 4.38. The lowest BCUT2D eigenvalue weighted by Gasteiger charge is -2.10. The highest BCUT2D eigenvalue weighted by molar-refractivity contribution is 7.80. The van der Waals surface area contributed by atoms with E-state index >= 15 is 0 Å². The molecule has 0 bridgehead atoms. The summed E-state index contributed by atoms with van der Waals surface area (Å²) in [7, 11) is 1.62. The molecule has 2 rings (SSSR count). The van der Waals surface area contributed by atoms with E-state index in [4.69, 9.17) is 21.7 Å². The molecule has 0 saturated carbocycles. The fraction of sp³-hybridized carbons (Fsp3) is 0.391. The number of hydrazone groups is 1. The molecular formula is C23H31N3O2S. The van der Waals surface area contributed by atoms with Gasteiger partial charge in [0.15, 0.2) is 5.11 Å². The number of para-hydroxylation sites is 2. The summed E-state index contributed by atoms with van der Waals surface area (Å²) in [6.45, 7) is 3.00. The molecule has 0 aliphatic carbocycles. The second-order valence-corrected chi connectivity index (χ2v) is 7.12. The lowest BCUT2D eigenvalue weighted by molar-refractivity contribution is 0.304. The summed E-state index contributed by atoms with van der Waals surface area (Å²) >= 11 is 5.26. The number of hydrogen-bond donors (Lipinski definition) is 2. The van der Waals surface area contributed by atoms with E-state index in [0.29, 0.717) is 5.11 Å². The highest BCUT2D eigenvalue weighted by Crippen LogP contribution is 2.22. The summed E-state index contributed by atoms with van der Waals surface area (Å²) in [5.41, 5.74) is 4.56. The Kier molecular flexibility index (Phi) is 10.6. The van der Waals surface area contributed by atoms with E-state index in [1.807, 2.05) is 48.5 Å². The van der Waals surface area contributed by atoms with Crippen molar-refractivity contribution >= 4 is 29.2 Å². The van der Waals surface area contributed by atoms with Gasteiger partial charge < -0.3 is 14.8 Å². The maximum absolute atomic E-state index is 5.80. The summed E-state index contributed by atoms with van der Waals surface area (Å²) in [6, 6.07) is 15.4. The van der Waals surface area contributed by atoms with Crippen molar-refractivity contribution in [1.82, 2.24) is 5.43 Å². The molecule has 29 heavy (non-hydrogen) atoms. The van der Waals surface area contributed by atoms with Crippen molar-refractivity contribution < 1.29 is 9.47 Å². The Balaban J connectivity index is 1.69. The number of rotatable bonds is 12. The summed E-state index contributed by atoms with van der Waals surface area (Å²) in [4.78, 5) is 0. The zero-order chi connectivity index (χ0) is 20.7. The molecule has 0 spiro atoms. The van der Waals surface area contributed by atoms with E-state index in [1.54, 1.807) is 13.3 Å². The van der Waals surface area contributed by atoms with E-state index in [0.717, 1.165) is 35.8 Å². The van der Waals surface area contributed by atoms with Gasteiger partial charge >= 0.3 is 0 Å². The number of methoxy groups -OCH3 is 1. The minimum Gasteiger partial charge on any atom is -0.495 e. The maximum Gasteiger partial charge on any atom is 0.191 e. The van der Waals surface area contributed by atoms with Crippen LogP contribution in [-0.2, 0) is 0 Å². The monoisotopic (exact) mass is 413 g/mol. The van der Waals surface area contributed by atoms with E-state index in [1.165, 1.54) is 32.1 Å². The minimum atomic E-state index is 0.393. The van der Waals surface area contributed by atoms with Gasteiger partial charge in [-0.05, 0) is 60.6 Å². The predicted molar refractivity (Wildman–Crippen MR) is 125 cm³/mol. The van der Waals surface area contributed by atoms with Gasteiger partial charge in [0.05, 0.1) is 25.6 Å². The van der Waals surface area contributed by atoms with E-state index < -0.39 is 0 Å². The van der Waals surface area contributed by atoms with Crippen LogP contribution in [0.1, 0.15) is 51.0 Å². The van der Waals surface area contributed by atoms with Gasteiger partial charge in [-0.1, -0.05) is 51.2 Å². The molecule has 0 aromatic heterocycles. The topological polar surface area (TPSA) is 54.9 Å². The first kappa shape index (κ1) is 22.7. The van der Waals surface area contributed by atoms with Crippen LogP contribution in [0.2, 0.25) is 0 Å². The molecule has 0 aliphatic rings. The third kappa shape index (κ3) is 8.96. The van der Waals surface area contributed by atoms with Crippen LogP contribution in [0.5, 0.6) is 11.5 Å². The minimum absolute atomic E-state index is 0.393. The molecule has 5 nitrogen and oxygen atoms in total. The molecule has 0 atom stereocenters. The smallest absolute Gasteiger partial charge is 0.191 e. The van der Waals surface area contributed by atoms with Crippen LogP contribution in [0, 0.1) is 0 Å². The van der Waals surface area contributed by atoms with Gasteiger partial charge in [-0.25, -0.2) is 0 Å². The average Bonchev–Trinajstić information content (AvgIpc) is 2.74. The van der Waals surface area contributed by atoms with Crippen LogP contribution in [0.15, 0.2) is 53.6 Å². The van der Waals surface area contributed by atoms with Crippen LogP contribution >= 0.6 is 12.2 Å². The summed E-state index contributed by atoms with van der Waals surface area (Å²) in [5, 5.41) is 7.63. The number of anilines is 1. The van der Waals surface area contributed by atoms with Gasteiger partial charge in [0.25, 0.3) is 0 Å². The largest absolute Gasteiger partial charge is 0.495 e. The third-order valence-corrected chi connectivity index (χ3v) is 4.57. The molecule has 2 aromatic rings. The molecule has 6 heteroatoms. The summed E-state index contributed by atoms with van der Waals surface area (Å²) in [6.07, 6.45) is 9.30. The van der Waals surface area contributed by atoms with Gasteiger partial charge in [0.1, 0.15) is 11.5 Å². The average molecular weight is 414 g/mol. The van der Waals surface area contributed by atoms with Crippen molar-refractivity contribution in [3.05, 3.63) is 54.1 Å². The van der Waals surface area contributed by atoms with Crippen molar-refractivity contribution in [2.45, 2.75) is 45.4 Å². The number of ether oxygens (including phenoxy) is 2. The number of hydrogen-bond acceptors (Lipinski definition) is 4. The van der Waals surface area contributed by atoms with Gasteiger partial charge in [0.2, 0.25) is 0 Å². The van der Waals surface area contributed by atoms with E-state index in [-0.39, 0.29) is 0 Å². The number of thiocarbonyl (C=S) groups is 1. The Labute approximate surface area is 179 Å². The lowest BCUT2D eigenvalue weighted by Crippen LogP contribution is -2.24. The molecule has 0 fully saturated rings. The Morgan fingerprint density at radius 2 is 1.72 bits per heavy atom. The standard InChI is InChI=1S/C23H31N3O2S/c1-3-4-5-6-7-10-17-28-20-15-13-19(14-16-20)18-24-26-23(29)25-21-11-8-9-12-22(21)27-2/h8-9,11-16,18H,3-7,10,17H2,1-2H3,(H2,25,26,29). The highest BCUT2D eigenvalue weighted by atomic mass is 32.1. The Bertz CT molecular complexity index is 763. The predicted octanol–water partition coefficient (Wildman–Crippen LogP) is 5.76. The Morgan fingerprint density at radius 1 is 1.00 bits per heavy atom. The number of benzene rings is 2. The molecule has 2 N–H and O–H groups in total. The van der Waals surface area contributed by atoms with Gasteiger partial charge in [-0.2, -0.15) is 5.10 Å². The van der Waals surface area contributed by atoms with Crippen LogP contribution < -0.4 is 20.2 Å². The first-order valence-corrected chi connectivity index (χ1v) is 10.6. The SMILES string of the molecule is CCCCCCCCOc1ccc(C=NNC(=S)Nc2ccccc2OC)cc1. The van der Waals surface area contributed by atoms with Crippen molar-refractivity contribution in [1.29, 1.82) is 0 Å². The summed E-state index contributed by atoms with van der Waals surface area (Å²) < 4.78 is 11.1. The highest BCUT2D eigenvalue weighted by Gasteiger charge is 2.02. The molecule has 0 unspecified atom stereocenters. The normalized spacial score (nSPS) is 10.7. The fourth-order valence-corrected chi connectivity index (χ4v) is 2.95. The quantitative estimate of drug-likeness (QED) is 0.201. The molecule has 2 aromatic carbocycles. The second-order valence-electron chi connectivity index (χ2n) is 6.71. The molecule has 0 heterocycles. The van der Waals surface area contributed by atoms with Crippen molar-refractivity contribution in [3.8, 4) is 11.5 Å². The lowest BCUT2D eigenvalue weighted by atomic mass is 10.1. The van der Waals surface area contributed by atoms with Crippen LogP contribution in [0.3, 0.4) is 0 Å². The maximum atomic E-state index is 5.80. The zero-order valence-electron chi connectivity index (χ0n) is 17.3. The first-order chi connectivity index (χ1) is 14.2. The van der Waals surface area contributed by atoms with Gasteiger partial charge in [0, 0.05) is 0 Å². The van der Waals surface area contributed by atoms with Crippen molar-refractivity contribution in [2.75, 3.05) is 19.0 Å². The van der Waals surface area contributed by atoms with Crippen LogP contribution in [-0.4, -0.2) is 25.0 Å². The van der Waals surface area contributed by atoms with E-state index in [2.05, 4.69) is 22.8 Å². The van der Waals surface area contributed by atoms with Gasteiger partial charge in [-0.3, -0.25) is 5.43 Å². The molecule has 156 valence electrons. The fourth-order valence-electron chi connectivity index (χ4n) is 2.79. The molecule has 0 aliphatic heterocycles. The molecule has 0 radical (unpaired) electrons. The molecule has 0 saturated heterocycles. The number of nitrogens with one attached hydrogen (secondary N) is 2. The Morgan fingerprint density at radius 3 is 2.48 bits per heavy atom. The van der Waals surface area contributed by atoms with Crippen LogP contribution in [0.4, 0.5) is 5.69 Å². The summed E-state index contributed by atoms with van der Waals surface area (Å²) in [5.74, 6) is 1.61. The molecular weight excluding hydrogens is 382 g/mol. The van der Waals surface area contributed by atoms with Crippen LogP contribution in [0.25, 0.3) is 0 Å². The number of unbranched alkanes of at least 4 members (excludes halogenated alkanes) is 5. The zero-order valence-corrected chi connectivity index (χ0v) is 18.1. The van der Waals surface area contributed by atoms with Crippen molar-refractivity contribution in [3.63, 3.8) is 0 Å². The van der Waals surface area contributed by atoms with Gasteiger partial charge in [-0.15, -0.1) is 0 Å². The van der Waals surface area contributed by atoms with E-state index in [9.17, 15) is 0 Å².